The number of ketones is 1. The molecule has 1 aromatic heterocycles. The maximum Gasteiger partial charge on any atom is 0.276 e. The van der Waals surface area contributed by atoms with Crippen LogP contribution in [0.1, 0.15) is 56.4 Å². The van der Waals surface area contributed by atoms with Gasteiger partial charge in [-0.25, -0.2) is 4.21 Å². The average Bonchev–Trinajstić information content (AvgIpc) is 3.32. The molecule has 3 aliphatic rings. The molecular weight excluding hydrogens is 368 g/mol. The molecule has 27 heavy (non-hydrogen) atoms. The van der Waals surface area contributed by atoms with Crippen molar-refractivity contribution >= 4 is 28.6 Å². The number of nitrogens with one attached hydrogen (secondary N) is 1. The highest BCUT2D eigenvalue weighted by Gasteiger charge is 2.64. The van der Waals surface area contributed by atoms with Crippen LogP contribution in [0.15, 0.2) is 6.20 Å². The van der Waals surface area contributed by atoms with Gasteiger partial charge in [0.05, 0.1) is 17.6 Å². The normalized spacial score (nSPS) is 30.1. The molecule has 148 valence electrons. The fourth-order valence-electron chi connectivity index (χ4n) is 5.32. The molecule has 2 aliphatic carbocycles. The fourth-order valence-corrected chi connectivity index (χ4v) is 5.65. The molecule has 0 spiro atoms. The third-order valence-corrected chi connectivity index (χ3v) is 7.52. The van der Waals surface area contributed by atoms with Gasteiger partial charge in [-0.1, -0.05) is 13.8 Å². The lowest BCUT2D eigenvalue weighted by molar-refractivity contribution is -0.130. The zero-order chi connectivity index (χ0) is 19.4. The van der Waals surface area contributed by atoms with Gasteiger partial charge in [0.1, 0.15) is 5.78 Å². The minimum atomic E-state index is -2.30. The van der Waals surface area contributed by atoms with Crippen molar-refractivity contribution in [3.05, 3.63) is 11.9 Å². The van der Waals surface area contributed by atoms with E-state index in [4.69, 9.17) is 0 Å². The highest BCUT2D eigenvalue weighted by atomic mass is 32.2. The molecule has 2 N–H and O–H groups in total. The number of Topliss-reactive ketones (excluding diaryl/α,β-unsaturated/α-hetero) is 1. The summed E-state index contributed by atoms with van der Waals surface area (Å²) in [6, 6.07) is 0. The number of fused-ring (bicyclic) bond motifs is 2. The topological polar surface area (TPSA) is 105 Å². The minimum absolute atomic E-state index is 0.109. The van der Waals surface area contributed by atoms with E-state index in [2.05, 4.69) is 23.7 Å². The molecule has 2 heterocycles. The summed E-state index contributed by atoms with van der Waals surface area (Å²) in [6.07, 6.45) is 5.96. The van der Waals surface area contributed by atoms with Crippen LogP contribution in [-0.2, 0) is 22.6 Å². The van der Waals surface area contributed by atoms with Crippen molar-refractivity contribution in [3.63, 3.8) is 0 Å². The Morgan fingerprint density at radius 1 is 1.41 bits per heavy atom. The van der Waals surface area contributed by atoms with Crippen LogP contribution in [-0.4, -0.2) is 48.2 Å². The molecule has 3 fully saturated rings. The van der Waals surface area contributed by atoms with Crippen LogP contribution in [0, 0.1) is 16.7 Å². The number of aromatic nitrogens is 2. The zero-order valence-electron chi connectivity index (χ0n) is 15.7. The summed E-state index contributed by atoms with van der Waals surface area (Å²) in [5, 5.41) is 4.45. The highest BCUT2D eigenvalue weighted by Crippen LogP contribution is 2.64. The van der Waals surface area contributed by atoms with E-state index in [0.717, 1.165) is 25.7 Å². The summed E-state index contributed by atoms with van der Waals surface area (Å²) >= 11 is -2.30. The van der Waals surface area contributed by atoms with Crippen molar-refractivity contribution in [2.45, 2.75) is 52.5 Å². The van der Waals surface area contributed by atoms with Gasteiger partial charge in [0.2, 0.25) is 0 Å². The van der Waals surface area contributed by atoms with E-state index in [1.165, 1.54) is 0 Å². The molecule has 1 aliphatic heterocycles. The molecule has 1 aromatic rings. The molecule has 3 atom stereocenters. The summed E-state index contributed by atoms with van der Waals surface area (Å²) in [5.74, 6) is 0.429. The van der Waals surface area contributed by atoms with E-state index in [0.29, 0.717) is 32.0 Å². The van der Waals surface area contributed by atoms with E-state index >= 15 is 0 Å². The Kier molecular flexibility index (Phi) is 4.42. The monoisotopic (exact) mass is 394 g/mol. The molecule has 0 radical (unpaired) electrons. The molecule has 0 aromatic carbocycles. The first kappa shape index (κ1) is 18.6. The lowest BCUT2D eigenvalue weighted by Gasteiger charge is -2.36. The van der Waals surface area contributed by atoms with Crippen LogP contribution in [0.5, 0.6) is 0 Å². The van der Waals surface area contributed by atoms with Crippen molar-refractivity contribution in [2.24, 2.45) is 16.7 Å². The van der Waals surface area contributed by atoms with Crippen LogP contribution < -0.4 is 4.72 Å². The quantitative estimate of drug-likeness (QED) is 0.744. The predicted octanol–water partition coefficient (Wildman–Crippen LogP) is 2.06. The van der Waals surface area contributed by atoms with Gasteiger partial charge < -0.3 is 4.90 Å². The SMILES string of the molecule is CC1(C)C2CC[C@@]1(Cn1cc(NS(=O)O)c(C(=O)N3CCCC3)n1)C(=O)C2. The highest BCUT2D eigenvalue weighted by molar-refractivity contribution is 7.80. The molecule has 9 heteroatoms. The number of carbonyl (C=O) groups is 2. The van der Waals surface area contributed by atoms with Crippen LogP contribution >= 0.6 is 0 Å². The Morgan fingerprint density at radius 3 is 2.67 bits per heavy atom. The zero-order valence-corrected chi connectivity index (χ0v) is 16.5. The number of amides is 1. The van der Waals surface area contributed by atoms with Gasteiger partial charge in [0.25, 0.3) is 17.2 Å². The number of hydrogen-bond donors (Lipinski definition) is 2. The average molecular weight is 394 g/mol. The first-order valence-electron chi connectivity index (χ1n) is 9.52. The van der Waals surface area contributed by atoms with Crippen molar-refractivity contribution in [1.29, 1.82) is 0 Å². The van der Waals surface area contributed by atoms with Gasteiger partial charge in [0, 0.05) is 25.7 Å². The largest absolute Gasteiger partial charge is 0.337 e. The lowest BCUT2D eigenvalue weighted by Crippen LogP contribution is -2.40. The van der Waals surface area contributed by atoms with E-state index in [1.54, 1.807) is 15.8 Å². The van der Waals surface area contributed by atoms with Gasteiger partial charge in [-0.2, -0.15) is 5.10 Å². The number of anilines is 1. The van der Waals surface area contributed by atoms with Crippen molar-refractivity contribution in [2.75, 3.05) is 17.8 Å². The lowest BCUT2D eigenvalue weighted by atomic mass is 9.69. The summed E-state index contributed by atoms with van der Waals surface area (Å²) in [6.45, 7) is 6.04. The van der Waals surface area contributed by atoms with E-state index in [9.17, 15) is 18.4 Å². The second-order valence-corrected chi connectivity index (χ2v) is 9.31. The Bertz CT molecular complexity index is 814. The second kappa shape index (κ2) is 6.41. The first-order chi connectivity index (χ1) is 12.7. The third kappa shape index (κ3) is 2.82. The Balaban J connectivity index is 1.66. The van der Waals surface area contributed by atoms with E-state index < -0.39 is 16.7 Å². The molecule has 4 rings (SSSR count). The molecule has 2 unspecified atom stereocenters. The van der Waals surface area contributed by atoms with Gasteiger partial charge >= 0.3 is 0 Å². The smallest absolute Gasteiger partial charge is 0.276 e. The summed E-state index contributed by atoms with van der Waals surface area (Å²) < 4.78 is 24.6. The van der Waals surface area contributed by atoms with Gasteiger partial charge in [-0.05, 0) is 37.0 Å². The van der Waals surface area contributed by atoms with Gasteiger partial charge in [0.15, 0.2) is 5.69 Å². The molecule has 1 saturated heterocycles. The molecule has 8 nitrogen and oxygen atoms in total. The predicted molar refractivity (Wildman–Crippen MR) is 100 cm³/mol. The molecular formula is C18H26N4O4S. The Hall–Kier alpha value is -1.74. The summed E-state index contributed by atoms with van der Waals surface area (Å²) in [7, 11) is 0. The molecule has 1 amide bonds. The van der Waals surface area contributed by atoms with E-state index in [-0.39, 0.29) is 28.5 Å². The first-order valence-corrected chi connectivity index (χ1v) is 10.6. The second-order valence-electron chi connectivity index (χ2n) is 8.61. The van der Waals surface area contributed by atoms with Crippen molar-refractivity contribution in [3.8, 4) is 0 Å². The number of carbonyl (C=O) groups excluding carboxylic acids is 2. The third-order valence-electron chi connectivity index (χ3n) is 7.13. The summed E-state index contributed by atoms with van der Waals surface area (Å²) in [4.78, 5) is 27.3. The molecule has 2 saturated carbocycles. The maximum absolute atomic E-state index is 12.8. The van der Waals surface area contributed by atoms with Crippen LogP contribution in [0.25, 0.3) is 0 Å². The number of likely N-dealkylation sites (tertiary alicyclic amines) is 1. The van der Waals surface area contributed by atoms with Crippen molar-refractivity contribution < 1.29 is 18.4 Å². The van der Waals surface area contributed by atoms with E-state index in [1.807, 2.05) is 0 Å². The number of nitrogens with zero attached hydrogens (tertiary/aromatic N) is 3. The maximum atomic E-state index is 12.8. The van der Waals surface area contributed by atoms with Crippen molar-refractivity contribution in [1.82, 2.24) is 14.7 Å². The Morgan fingerprint density at radius 2 is 2.11 bits per heavy atom. The van der Waals surface area contributed by atoms with Gasteiger partial charge in [-0.15, -0.1) is 0 Å². The standard InChI is InChI=1S/C18H26N4O4S/c1-17(2)12-5-6-18(17,14(23)9-12)11-22-10-13(20-27(25)26)15(19-22)16(24)21-7-3-4-8-21/h10,12,20H,3-9,11H2,1-2H3,(H,25,26)/t12?,18-/m1/s1. The number of rotatable bonds is 5. The van der Waals surface area contributed by atoms with Gasteiger partial charge in [-0.3, -0.25) is 23.5 Å². The van der Waals surface area contributed by atoms with Crippen LogP contribution in [0.3, 0.4) is 0 Å². The minimum Gasteiger partial charge on any atom is -0.337 e. The van der Waals surface area contributed by atoms with Crippen LogP contribution in [0.2, 0.25) is 0 Å². The summed E-state index contributed by atoms with van der Waals surface area (Å²) in [5.41, 5.74) is -0.203. The number of hydrogen-bond acceptors (Lipinski definition) is 4. The molecule has 2 bridgehead atoms. The Labute approximate surface area is 161 Å². The fraction of sp³-hybridized carbons (Fsp3) is 0.722. The van der Waals surface area contributed by atoms with Crippen LogP contribution in [0.4, 0.5) is 5.69 Å².